The van der Waals surface area contributed by atoms with Gasteiger partial charge in [-0.05, 0) is 30.7 Å². The van der Waals surface area contributed by atoms with Crippen molar-refractivity contribution in [2.45, 2.75) is 6.92 Å². The summed E-state index contributed by atoms with van der Waals surface area (Å²) in [6.45, 7) is 1.97. The van der Waals surface area contributed by atoms with E-state index in [2.05, 4.69) is 10.6 Å². The lowest BCUT2D eigenvalue weighted by molar-refractivity contribution is 0.261. The Kier molecular flexibility index (Phi) is 2.91. The van der Waals surface area contributed by atoms with E-state index in [0.29, 0.717) is 5.88 Å². The molecule has 0 aliphatic rings. The number of furan rings is 1. The lowest BCUT2D eigenvalue weighted by Crippen LogP contribution is -2.18. The maximum absolute atomic E-state index is 11.5. The average molecular weight is 216 g/mol. The van der Waals surface area contributed by atoms with Crippen LogP contribution in [0.5, 0.6) is 0 Å². The Bertz CT molecular complexity index is 478. The molecule has 16 heavy (non-hydrogen) atoms. The maximum atomic E-state index is 11.5. The lowest BCUT2D eigenvalue weighted by atomic mass is 10.2. The number of aryl methyl sites for hydroxylation is 1. The van der Waals surface area contributed by atoms with Crippen molar-refractivity contribution < 1.29 is 9.21 Å². The fraction of sp³-hybridized carbons (Fsp3) is 0.0833. The fourth-order valence-electron chi connectivity index (χ4n) is 1.35. The van der Waals surface area contributed by atoms with Gasteiger partial charge in [0.15, 0.2) is 0 Å². The molecular formula is C12H12N2O2. The number of rotatable bonds is 2. The summed E-state index contributed by atoms with van der Waals surface area (Å²) in [5.41, 5.74) is 1.85. The van der Waals surface area contributed by atoms with Gasteiger partial charge in [-0.2, -0.15) is 0 Å². The number of amides is 2. The first-order valence-electron chi connectivity index (χ1n) is 4.92. The molecule has 1 aromatic heterocycles. The molecule has 0 fully saturated rings. The molecular weight excluding hydrogens is 204 g/mol. The summed E-state index contributed by atoms with van der Waals surface area (Å²) in [5.74, 6) is 0.421. The Morgan fingerprint density at radius 3 is 2.75 bits per heavy atom. The second kappa shape index (κ2) is 4.53. The van der Waals surface area contributed by atoms with Gasteiger partial charge in [-0.15, -0.1) is 0 Å². The molecule has 0 aliphatic heterocycles. The molecule has 0 unspecified atom stereocenters. The molecule has 2 rings (SSSR count). The van der Waals surface area contributed by atoms with E-state index in [1.54, 1.807) is 12.1 Å². The minimum atomic E-state index is -0.319. The van der Waals surface area contributed by atoms with E-state index in [-0.39, 0.29) is 6.03 Å². The topological polar surface area (TPSA) is 54.3 Å². The van der Waals surface area contributed by atoms with Gasteiger partial charge in [0.2, 0.25) is 5.88 Å². The van der Waals surface area contributed by atoms with Crippen molar-refractivity contribution in [1.29, 1.82) is 0 Å². The van der Waals surface area contributed by atoms with Gasteiger partial charge >= 0.3 is 6.03 Å². The zero-order chi connectivity index (χ0) is 11.4. The number of carbonyl (C=O) groups is 1. The second-order valence-corrected chi connectivity index (χ2v) is 3.43. The molecule has 0 radical (unpaired) electrons. The van der Waals surface area contributed by atoms with E-state index in [9.17, 15) is 4.79 Å². The second-order valence-electron chi connectivity index (χ2n) is 3.43. The predicted octanol–water partition coefficient (Wildman–Crippen LogP) is 3.23. The number of urea groups is 1. The molecule has 0 aliphatic carbocycles. The number of hydrogen-bond donors (Lipinski definition) is 2. The summed E-state index contributed by atoms with van der Waals surface area (Å²) in [7, 11) is 0. The average Bonchev–Trinajstić information content (AvgIpc) is 2.70. The number of anilines is 2. The van der Waals surface area contributed by atoms with E-state index >= 15 is 0 Å². The molecule has 0 saturated carbocycles. The van der Waals surface area contributed by atoms with Crippen LogP contribution in [0.4, 0.5) is 16.4 Å². The highest BCUT2D eigenvalue weighted by molar-refractivity contribution is 5.98. The van der Waals surface area contributed by atoms with Crippen molar-refractivity contribution in [3.8, 4) is 0 Å². The van der Waals surface area contributed by atoms with Crippen molar-refractivity contribution >= 4 is 17.6 Å². The smallest absolute Gasteiger partial charge is 0.326 e. The van der Waals surface area contributed by atoms with Gasteiger partial charge in [0.05, 0.1) is 6.26 Å². The fourth-order valence-corrected chi connectivity index (χ4v) is 1.35. The highest BCUT2D eigenvalue weighted by Gasteiger charge is 2.03. The zero-order valence-corrected chi connectivity index (χ0v) is 8.86. The molecule has 0 spiro atoms. The van der Waals surface area contributed by atoms with Gasteiger partial charge in [-0.3, -0.25) is 5.32 Å². The maximum Gasteiger partial charge on any atom is 0.326 e. The quantitative estimate of drug-likeness (QED) is 0.809. The van der Waals surface area contributed by atoms with Gasteiger partial charge < -0.3 is 9.73 Å². The van der Waals surface area contributed by atoms with Crippen LogP contribution in [0, 0.1) is 6.92 Å². The first kappa shape index (κ1) is 10.3. The van der Waals surface area contributed by atoms with Crippen molar-refractivity contribution in [3.05, 3.63) is 48.2 Å². The molecule has 0 bridgehead atoms. The summed E-state index contributed by atoms with van der Waals surface area (Å²) in [6, 6.07) is 10.6. The van der Waals surface area contributed by atoms with Gasteiger partial charge in [0.25, 0.3) is 0 Å². The summed E-state index contributed by atoms with van der Waals surface area (Å²) < 4.78 is 4.99. The molecule has 4 heteroatoms. The highest BCUT2D eigenvalue weighted by Crippen LogP contribution is 2.11. The van der Waals surface area contributed by atoms with Gasteiger partial charge in [0.1, 0.15) is 0 Å². The molecule has 0 atom stereocenters. The van der Waals surface area contributed by atoms with Crippen LogP contribution in [0.15, 0.2) is 47.1 Å². The SMILES string of the molecule is Cc1cccc(NC(=O)Nc2ccco2)c1. The van der Waals surface area contributed by atoms with Gasteiger partial charge in [-0.1, -0.05) is 12.1 Å². The van der Waals surface area contributed by atoms with Crippen molar-refractivity contribution in [3.63, 3.8) is 0 Å². The van der Waals surface area contributed by atoms with E-state index in [0.717, 1.165) is 11.3 Å². The third kappa shape index (κ3) is 2.63. The Balaban J connectivity index is 1.97. The zero-order valence-electron chi connectivity index (χ0n) is 8.86. The Morgan fingerprint density at radius 2 is 2.06 bits per heavy atom. The van der Waals surface area contributed by atoms with Crippen LogP contribution in [0.2, 0.25) is 0 Å². The third-order valence-corrected chi connectivity index (χ3v) is 2.03. The van der Waals surface area contributed by atoms with Crippen LogP contribution in [0.25, 0.3) is 0 Å². The number of benzene rings is 1. The summed E-state index contributed by atoms with van der Waals surface area (Å²) in [4.78, 5) is 11.5. The Labute approximate surface area is 93.3 Å². The highest BCUT2D eigenvalue weighted by atomic mass is 16.3. The lowest BCUT2D eigenvalue weighted by Gasteiger charge is -2.05. The molecule has 2 aromatic rings. The normalized spacial score (nSPS) is 9.81. The minimum absolute atomic E-state index is 0.319. The minimum Gasteiger partial charge on any atom is -0.449 e. The summed E-state index contributed by atoms with van der Waals surface area (Å²) in [5, 5.41) is 5.28. The molecule has 1 heterocycles. The van der Waals surface area contributed by atoms with Crippen LogP contribution in [0.3, 0.4) is 0 Å². The molecule has 0 saturated heterocycles. The first-order valence-corrected chi connectivity index (χ1v) is 4.92. The number of nitrogens with one attached hydrogen (secondary N) is 2. The number of carbonyl (C=O) groups excluding carboxylic acids is 1. The largest absolute Gasteiger partial charge is 0.449 e. The van der Waals surface area contributed by atoms with E-state index < -0.39 is 0 Å². The Hall–Kier alpha value is -2.23. The van der Waals surface area contributed by atoms with Crippen LogP contribution >= 0.6 is 0 Å². The van der Waals surface area contributed by atoms with Gasteiger partial charge in [0, 0.05) is 11.8 Å². The third-order valence-electron chi connectivity index (χ3n) is 2.03. The van der Waals surface area contributed by atoms with Crippen LogP contribution in [-0.2, 0) is 0 Å². The molecule has 4 nitrogen and oxygen atoms in total. The van der Waals surface area contributed by atoms with Crippen LogP contribution < -0.4 is 10.6 Å². The predicted molar refractivity (Wildman–Crippen MR) is 62.5 cm³/mol. The van der Waals surface area contributed by atoms with Crippen molar-refractivity contribution in [2.24, 2.45) is 0 Å². The molecule has 2 amide bonds. The molecule has 2 N–H and O–H groups in total. The van der Waals surface area contributed by atoms with E-state index in [4.69, 9.17) is 4.42 Å². The monoisotopic (exact) mass is 216 g/mol. The van der Waals surface area contributed by atoms with Crippen LogP contribution in [-0.4, -0.2) is 6.03 Å². The standard InChI is InChI=1S/C12H12N2O2/c1-9-4-2-5-10(8-9)13-12(15)14-11-6-3-7-16-11/h2-8H,1H3,(H2,13,14,15). The summed E-state index contributed by atoms with van der Waals surface area (Å²) >= 11 is 0. The van der Waals surface area contributed by atoms with Crippen molar-refractivity contribution in [1.82, 2.24) is 0 Å². The van der Waals surface area contributed by atoms with Crippen LogP contribution in [0.1, 0.15) is 5.56 Å². The van der Waals surface area contributed by atoms with Crippen molar-refractivity contribution in [2.75, 3.05) is 10.6 Å². The summed E-state index contributed by atoms with van der Waals surface area (Å²) in [6.07, 6.45) is 1.50. The molecule has 82 valence electrons. The van der Waals surface area contributed by atoms with E-state index in [1.807, 2.05) is 31.2 Å². The first-order chi connectivity index (χ1) is 7.74. The van der Waals surface area contributed by atoms with Gasteiger partial charge in [-0.25, -0.2) is 4.79 Å². The Morgan fingerprint density at radius 1 is 1.19 bits per heavy atom. The number of hydrogen-bond acceptors (Lipinski definition) is 2. The molecule has 1 aromatic carbocycles. The van der Waals surface area contributed by atoms with E-state index in [1.165, 1.54) is 6.26 Å².